The van der Waals surface area contributed by atoms with Gasteiger partial charge in [0, 0.05) is 21.7 Å². The highest BCUT2D eigenvalue weighted by atomic mass is 79.9. The molecule has 31 heavy (non-hydrogen) atoms. The molecule has 3 rings (SSSR count). The zero-order valence-electron chi connectivity index (χ0n) is 17.1. The van der Waals surface area contributed by atoms with Crippen LogP contribution in [0.25, 0.3) is 0 Å². The normalized spacial score (nSPS) is 11.5. The van der Waals surface area contributed by atoms with Crippen LogP contribution < -0.4 is 5.32 Å². The molecule has 3 aromatic rings. The number of nitrogens with zero attached hydrogens (tertiary/aromatic N) is 1. The van der Waals surface area contributed by atoms with Gasteiger partial charge in [-0.05, 0) is 79.1 Å². The van der Waals surface area contributed by atoms with Gasteiger partial charge in [0.2, 0.25) is 15.9 Å². The van der Waals surface area contributed by atoms with Gasteiger partial charge in [0.1, 0.15) is 0 Å². The van der Waals surface area contributed by atoms with E-state index in [1.54, 1.807) is 36.4 Å². The summed E-state index contributed by atoms with van der Waals surface area (Å²) in [5.74, 6) is -0.417. The highest BCUT2D eigenvalue weighted by Gasteiger charge is 2.27. The molecule has 3 aromatic carbocycles. The first-order chi connectivity index (χ1) is 14.6. The first kappa shape index (κ1) is 23.5. The fraction of sp³-hybridized carbons (Fsp3) is 0.174. The molecule has 0 aromatic heterocycles. The van der Waals surface area contributed by atoms with Crippen LogP contribution in [0.2, 0.25) is 5.02 Å². The number of hydrogen-bond acceptors (Lipinski definition) is 3. The van der Waals surface area contributed by atoms with Crippen molar-refractivity contribution >= 4 is 49.1 Å². The van der Waals surface area contributed by atoms with Crippen molar-refractivity contribution in [3.05, 3.63) is 92.9 Å². The van der Waals surface area contributed by atoms with E-state index in [-0.39, 0.29) is 18.0 Å². The van der Waals surface area contributed by atoms with Crippen LogP contribution in [0, 0.1) is 13.8 Å². The monoisotopic (exact) mass is 520 g/mol. The molecule has 8 heteroatoms. The lowest BCUT2D eigenvalue weighted by atomic mass is 10.1. The lowest BCUT2D eigenvalue weighted by Crippen LogP contribution is -2.37. The van der Waals surface area contributed by atoms with E-state index in [9.17, 15) is 13.2 Å². The summed E-state index contributed by atoms with van der Waals surface area (Å²) in [6, 6.07) is 18.9. The van der Waals surface area contributed by atoms with E-state index < -0.39 is 15.9 Å². The number of carbonyl (C=O) groups is 1. The van der Waals surface area contributed by atoms with Gasteiger partial charge in [0.05, 0.1) is 11.4 Å². The van der Waals surface area contributed by atoms with Gasteiger partial charge in [-0.1, -0.05) is 45.7 Å². The van der Waals surface area contributed by atoms with Gasteiger partial charge in [-0.15, -0.1) is 0 Å². The largest absolute Gasteiger partial charge is 0.325 e. The van der Waals surface area contributed by atoms with Gasteiger partial charge < -0.3 is 5.32 Å². The topological polar surface area (TPSA) is 66.5 Å². The summed E-state index contributed by atoms with van der Waals surface area (Å²) >= 11 is 9.26. The Morgan fingerprint density at radius 1 is 0.968 bits per heavy atom. The average Bonchev–Trinajstić information content (AvgIpc) is 2.68. The molecule has 0 fully saturated rings. The Balaban J connectivity index is 1.88. The summed E-state index contributed by atoms with van der Waals surface area (Å²) in [6.45, 7) is 3.59. The minimum Gasteiger partial charge on any atom is -0.325 e. The van der Waals surface area contributed by atoms with Crippen molar-refractivity contribution in [3.63, 3.8) is 0 Å². The number of nitrogens with one attached hydrogen (secondary N) is 1. The van der Waals surface area contributed by atoms with Gasteiger partial charge in [0.15, 0.2) is 0 Å². The van der Waals surface area contributed by atoms with E-state index >= 15 is 0 Å². The Labute approximate surface area is 196 Å². The molecule has 0 saturated heterocycles. The Kier molecular flexibility index (Phi) is 7.54. The smallest absolute Gasteiger partial charge is 0.243 e. The van der Waals surface area contributed by atoms with Gasteiger partial charge in [-0.3, -0.25) is 4.79 Å². The highest BCUT2D eigenvalue weighted by Crippen LogP contribution is 2.22. The lowest BCUT2D eigenvalue weighted by molar-refractivity contribution is -0.116. The van der Waals surface area contributed by atoms with Crippen LogP contribution in [0.1, 0.15) is 16.7 Å². The molecule has 0 bridgehead atoms. The van der Waals surface area contributed by atoms with Gasteiger partial charge in [0.25, 0.3) is 0 Å². The molecule has 0 aliphatic carbocycles. The van der Waals surface area contributed by atoms with Crippen LogP contribution in [-0.4, -0.2) is 25.2 Å². The highest BCUT2D eigenvalue weighted by molar-refractivity contribution is 9.10. The van der Waals surface area contributed by atoms with E-state index in [1.165, 1.54) is 12.1 Å². The van der Waals surface area contributed by atoms with Gasteiger partial charge in [-0.2, -0.15) is 4.31 Å². The second-order valence-electron chi connectivity index (χ2n) is 7.28. The maximum Gasteiger partial charge on any atom is 0.243 e. The lowest BCUT2D eigenvalue weighted by Gasteiger charge is -2.22. The van der Waals surface area contributed by atoms with Crippen molar-refractivity contribution in [2.75, 3.05) is 11.9 Å². The van der Waals surface area contributed by atoms with Crippen LogP contribution in [0.5, 0.6) is 0 Å². The fourth-order valence-electron chi connectivity index (χ4n) is 3.18. The van der Waals surface area contributed by atoms with Crippen molar-refractivity contribution in [1.82, 2.24) is 4.31 Å². The molecule has 0 atom stereocenters. The van der Waals surface area contributed by atoms with Crippen LogP contribution >= 0.6 is 27.5 Å². The molecule has 162 valence electrons. The summed E-state index contributed by atoms with van der Waals surface area (Å²) < 4.78 is 28.6. The van der Waals surface area contributed by atoms with Crippen molar-refractivity contribution in [2.45, 2.75) is 25.3 Å². The first-order valence-corrected chi connectivity index (χ1v) is 12.1. The second-order valence-corrected chi connectivity index (χ2v) is 10.6. The Morgan fingerprint density at radius 3 is 2.13 bits per heavy atom. The van der Waals surface area contributed by atoms with Gasteiger partial charge >= 0.3 is 0 Å². The zero-order valence-corrected chi connectivity index (χ0v) is 20.3. The summed E-state index contributed by atoms with van der Waals surface area (Å²) in [6.07, 6.45) is 0. The standard InChI is InChI=1S/C23H22BrClN2O3S/c1-16-11-17(2)13-21(12-16)26-23(28)15-27(14-18-3-7-20(25)8-4-18)31(29,30)22-9-5-19(24)6-10-22/h3-13H,14-15H2,1-2H3,(H,26,28). The number of anilines is 1. The predicted molar refractivity (Wildman–Crippen MR) is 128 cm³/mol. The quantitative estimate of drug-likeness (QED) is 0.443. The number of sulfonamides is 1. The van der Waals surface area contributed by atoms with Crippen molar-refractivity contribution in [3.8, 4) is 0 Å². The summed E-state index contributed by atoms with van der Waals surface area (Å²) in [5.41, 5.74) is 3.38. The third-order valence-electron chi connectivity index (χ3n) is 4.55. The average molecular weight is 522 g/mol. The molecule has 0 saturated carbocycles. The predicted octanol–water partition coefficient (Wildman–Crippen LogP) is 5.55. The van der Waals surface area contributed by atoms with E-state index in [0.29, 0.717) is 10.7 Å². The third kappa shape index (κ3) is 6.40. The summed E-state index contributed by atoms with van der Waals surface area (Å²) in [4.78, 5) is 12.9. The molecule has 0 spiro atoms. The third-order valence-corrected chi connectivity index (χ3v) is 7.14. The molecule has 1 N–H and O–H groups in total. The zero-order chi connectivity index (χ0) is 22.6. The molecule has 1 amide bonds. The molecule has 5 nitrogen and oxygen atoms in total. The molecule has 0 unspecified atom stereocenters. The Bertz CT molecular complexity index is 1160. The number of amides is 1. The maximum atomic E-state index is 13.3. The second kappa shape index (κ2) is 9.96. The maximum absolute atomic E-state index is 13.3. The SMILES string of the molecule is Cc1cc(C)cc(NC(=O)CN(Cc2ccc(Cl)cc2)S(=O)(=O)c2ccc(Br)cc2)c1. The Hall–Kier alpha value is -2.19. The van der Waals surface area contributed by atoms with Crippen LogP contribution in [0.15, 0.2) is 76.1 Å². The summed E-state index contributed by atoms with van der Waals surface area (Å²) in [5, 5.41) is 3.36. The Morgan fingerprint density at radius 2 is 1.55 bits per heavy atom. The molecule has 0 aliphatic heterocycles. The van der Waals surface area contributed by atoms with E-state index in [2.05, 4.69) is 21.2 Å². The number of benzene rings is 3. The fourth-order valence-corrected chi connectivity index (χ4v) is 4.96. The van der Waals surface area contributed by atoms with Crippen LogP contribution in [0.3, 0.4) is 0 Å². The van der Waals surface area contributed by atoms with E-state index in [1.807, 2.05) is 32.0 Å². The number of hydrogen-bond donors (Lipinski definition) is 1. The summed E-state index contributed by atoms with van der Waals surface area (Å²) in [7, 11) is -3.91. The number of aryl methyl sites for hydroxylation is 2. The van der Waals surface area contributed by atoms with Gasteiger partial charge in [-0.25, -0.2) is 8.42 Å². The number of halogens is 2. The first-order valence-electron chi connectivity index (χ1n) is 9.52. The number of carbonyl (C=O) groups excluding carboxylic acids is 1. The van der Waals surface area contributed by atoms with Crippen LogP contribution in [0.4, 0.5) is 5.69 Å². The minimum absolute atomic E-state index is 0.0375. The van der Waals surface area contributed by atoms with Crippen molar-refractivity contribution in [1.29, 1.82) is 0 Å². The molecular formula is C23H22BrClN2O3S. The van der Waals surface area contributed by atoms with Crippen molar-refractivity contribution < 1.29 is 13.2 Å². The van der Waals surface area contributed by atoms with E-state index in [0.717, 1.165) is 25.5 Å². The van der Waals surface area contributed by atoms with Crippen LogP contribution in [-0.2, 0) is 21.4 Å². The van der Waals surface area contributed by atoms with E-state index in [4.69, 9.17) is 11.6 Å². The molecule has 0 radical (unpaired) electrons. The molecule has 0 aliphatic rings. The number of rotatable bonds is 7. The van der Waals surface area contributed by atoms with Crippen molar-refractivity contribution in [2.24, 2.45) is 0 Å². The molecular weight excluding hydrogens is 500 g/mol. The minimum atomic E-state index is -3.91. The molecule has 0 heterocycles.